The van der Waals surface area contributed by atoms with Gasteiger partial charge < -0.3 is 4.90 Å². The van der Waals surface area contributed by atoms with E-state index in [9.17, 15) is 4.79 Å². The molecule has 2 rings (SSSR count). The van der Waals surface area contributed by atoms with Crippen molar-refractivity contribution in [1.29, 1.82) is 5.26 Å². The van der Waals surface area contributed by atoms with Crippen LogP contribution in [-0.4, -0.2) is 47.9 Å². The average molecular weight is 235 g/mol. The maximum absolute atomic E-state index is 12.4. The van der Waals surface area contributed by atoms with Crippen LogP contribution in [0.15, 0.2) is 0 Å². The number of amides is 1. The van der Waals surface area contributed by atoms with E-state index in [4.69, 9.17) is 5.26 Å². The van der Waals surface area contributed by atoms with Gasteiger partial charge in [0.05, 0.1) is 12.5 Å². The van der Waals surface area contributed by atoms with Crippen LogP contribution < -0.4 is 0 Å². The number of nitriles is 1. The number of likely N-dealkylation sites (N-methyl/N-ethyl adjacent to an activating group) is 1. The van der Waals surface area contributed by atoms with Crippen molar-refractivity contribution >= 4 is 5.91 Å². The molecule has 0 radical (unpaired) electrons. The van der Waals surface area contributed by atoms with E-state index in [1.165, 1.54) is 0 Å². The minimum Gasteiger partial charge on any atom is -0.338 e. The highest BCUT2D eigenvalue weighted by molar-refractivity contribution is 5.83. The molecule has 1 heterocycles. The topological polar surface area (TPSA) is 47.3 Å². The molecule has 0 N–H and O–H groups in total. The lowest BCUT2D eigenvalue weighted by atomic mass is 9.92. The Morgan fingerprint density at radius 3 is 2.59 bits per heavy atom. The van der Waals surface area contributed by atoms with Gasteiger partial charge in [-0.05, 0) is 25.3 Å². The monoisotopic (exact) mass is 235 g/mol. The lowest BCUT2D eigenvalue weighted by Crippen LogP contribution is -2.45. The van der Waals surface area contributed by atoms with Crippen LogP contribution in [0.3, 0.4) is 0 Å². The molecule has 4 nitrogen and oxygen atoms in total. The highest BCUT2D eigenvalue weighted by Gasteiger charge is 2.43. The molecule has 2 fully saturated rings. The Balaban J connectivity index is 2.23. The molecule has 1 saturated heterocycles. The Hall–Kier alpha value is -1.08. The first-order chi connectivity index (χ1) is 7.94. The molecule has 1 unspecified atom stereocenters. The second-order valence-corrected chi connectivity index (χ2v) is 6.15. The van der Waals surface area contributed by atoms with Crippen LogP contribution in [0.25, 0.3) is 0 Å². The molecule has 1 aliphatic carbocycles. The summed E-state index contributed by atoms with van der Waals surface area (Å²) >= 11 is 0. The van der Waals surface area contributed by atoms with E-state index in [0.29, 0.717) is 12.5 Å². The van der Waals surface area contributed by atoms with E-state index >= 15 is 0 Å². The van der Waals surface area contributed by atoms with E-state index < -0.39 is 0 Å². The highest BCUT2D eigenvalue weighted by Crippen LogP contribution is 2.34. The molecule has 0 spiro atoms. The zero-order valence-corrected chi connectivity index (χ0v) is 10.9. The summed E-state index contributed by atoms with van der Waals surface area (Å²) in [5.41, 5.74) is 0.108. The fourth-order valence-corrected chi connectivity index (χ4v) is 2.78. The molecule has 2 aliphatic rings. The second-order valence-electron chi connectivity index (χ2n) is 6.15. The lowest BCUT2D eigenvalue weighted by molar-refractivity contribution is -0.135. The van der Waals surface area contributed by atoms with Crippen LogP contribution in [0.4, 0.5) is 0 Å². The van der Waals surface area contributed by atoms with Crippen molar-refractivity contribution in [3.63, 3.8) is 0 Å². The average Bonchev–Trinajstić information content (AvgIpc) is 3.03. The molecular formula is C13H21N3O. The molecule has 0 aromatic heterocycles. The van der Waals surface area contributed by atoms with Gasteiger partial charge in [-0.1, -0.05) is 13.8 Å². The third-order valence-corrected chi connectivity index (χ3v) is 3.65. The van der Waals surface area contributed by atoms with Crippen LogP contribution >= 0.6 is 0 Å². The van der Waals surface area contributed by atoms with Crippen LogP contribution in [0.2, 0.25) is 0 Å². The summed E-state index contributed by atoms with van der Waals surface area (Å²) in [4.78, 5) is 16.5. The smallest absolute Gasteiger partial charge is 0.241 e. The number of carbonyl (C=O) groups is 1. The molecule has 1 aliphatic heterocycles. The molecule has 94 valence electrons. The summed E-state index contributed by atoms with van der Waals surface area (Å²) in [6, 6.07) is 2.34. The molecular weight excluding hydrogens is 214 g/mol. The first-order valence-corrected chi connectivity index (χ1v) is 6.32. The van der Waals surface area contributed by atoms with E-state index in [0.717, 1.165) is 25.9 Å². The Labute approximate surface area is 103 Å². The quantitative estimate of drug-likeness (QED) is 0.723. The van der Waals surface area contributed by atoms with Crippen LogP contribution in [0.1, 0.15) is 33.1 Å². The third kappa shape index (κ3) is 2.61. The SMILES string of the molecule is CN1CC(C)(C)CN(C2CC2)C(=O)C1CC#N. The predicted molar refractivity (Wildman–Crippen MR) is 65.2 cm³/mol. The van der Waals surface area contributed by atoms with Gasteiger partial charge in [-0.2, -0.15) is 5.26 Å². The Kier molecular flexibility index (Phi) is 3.13. The van der Waals surface area contributed by atoms with Gasteiger partial charge in [0.15, 0.2) is 0 Å². The van der Waals surface area contributed by atoms with Gasteiger partial charge in [0.2, 0.25) is 5.91 Å². The summed E-state index contributed by atoms with van der Waals surface area (Å²) in [6.07, 6.45) is 2.56. The van der Waals surface area contributed by atoms with Gasteiger partial charge in [-0.25, -0.2) is 0 Å². The maximum Gasteiger partial charge on any atom is 0.241 e. The fourth-order valence-electron chi connectivity index (χ4n) is 2.78. The third-order valence-electron chi connectivity index (χ3n) is 3.65. The molecule has 4 heteroatoms. The van der Waals surface area contributed by atoms with Crippen molar-refractivity contribution < 1.29 is 4.79 Å². The lowest BCUT2D eigenvalue weighted by Gasteiger charge is -2.29. The van der Waals surface area contributed by atoms with Gasteiger partial charge in [0.25, 0.3) is 0 Å². The Morgan fingerprint density at radius 1 is 1.41 bits per heavy atom. The van der Waals surface area contributed by atoms with Gasteiger partial charge in [-0.3, -0.25) is 9.69 Å². The molecule has 1 atom stereocenters. The number of rotatable bonds is 2. The van der Waals surface area contributed by atoms with E-state index in [-0.39, 0.29) is 17.4 Å². The molecule has 1 amide bonds. The summed E-state index contributed by atoms with van der Waals surface area (Å²) < 4.78 is 0. The number of nitrogens with zero attached hydrogens (tertiary/aromatic N) is 3. The Bertz CT molecular complexity index is 354. The van der Waals surface area contributed by atoms with Crippen molar-refractivity contribution in [3.05, 3.63) is 0 Å². The maximum atomic E-state index is 12.4. The summed E-state index contributed by atoms with van der Waals surface area (Å²) in [5, 5.41) is 8.87. The first-order valence-electron chi connectivity index (χ1n) is 6.32. The van der Waals surface area contributed by atoms with Gasteiger partial charge in [0, 0.05) is 19.1 Å². The largest absolute Gasteiger partial charge is 0.338 e. The number of hydrogen-bond donors (Lipinski definition) is 0. The van der Waals surface area contributed by atoms with E-state index in [1.54, 1.807) is 0 Å². The predicted octanol–water partition coefficient (Wildman–Crippen LogP) is 1.23. The minimum absolute atomic E-state index is 0.108. The van der Waals surface area contributed by atoms with Crippen LogP contribution in [0, 0.1) is 16.7 Å². The van der Waals surface area contributed by atoms with E-state index in [1.807, 2.05) is 16.8 Å². The second kappa shape index (κ2) is 4.30. The Morgan fingerprint density at radius 2 is 2.06 bits per heavy atom. The summed E-state index contributed by atoms with van der Waals surface area (Å²) in [6.45, 7) is 6.08. The van der Waals surface area contributed by atoms with Crippen molar-refractivity contribution in [2.75, 3.05) is 20.1 Å². The number of hydrogen-bond acceptors (Lipinski definition) is 3. The van der Waals surface area contributed by atoms with Gasteiger partial charge >= 0.3 is 0 Å². The van der Waals surface area contributed by atoms with Crippen LogP contribution in [0.5, 0.6) is 0 Å². The van der Waals surface area contributed by atoms with Gasteiger partial charge in [-0.15, -0.1) is 0 Å². The zero-order chi connectivity index (χ0) is 12.6. The highest BCUT2D eigenvalue weighted by atomic mass is 16.2. The standard InChI is InChI=1S/C13H21N3O/c1-13(2)8-15(3)11(6-7-14)12(17)16(9-13)10-4-5-10/h10-11H,4-6,8-9H2,1-3H3. The molecule has 17 heavy (non-hydrogen) atoms. The minimum atomic E-state index is -0.248. The first kappa shape index (κ1) is 12.4. The van der Waals surface area contributed by atoms with Gasteiger partial charge in [0.1, 0.15) is 6.04 Å². The van der Waals surface area contributed by atoms with Crippen molar-refractivity contribution in [1.82, 2.24) is 9.80 Å². The van der Waals surface area contributed by atoms with Crippen molar-refractivity contribution in [3.8, 4) is 6.07 Å². The van der Waals surface area contributed by atoms with Crippen molar-refractivity contribution in [2.24, 2.45) is 5.41 Å². The van der Waals surface area contributed by atoms with Crippen LogP contribution in [-0.2, 0) is 4.79 Å². The number of carbonyl (C=O) groups excluding carboxylic acids is 1. The normalized spacial score (nSPS) is 29.9. The summed E-state index contributed by atoms with van der Waals surface area (Å²) in [7, 11) is 1.96. The molecule has 0 aromatic rings. The van der Waals surface area contributed by atoms with Crippen molar-refractivity contribution in [2.45, 2.75) is 45.2 Å². The summed E-state index contributed by atoms with van der Waals surface area (Å²) in [5.74, 6) is 0.155. The molecule has 0 aromatic carbocycles. The molecule has 1 saturated carbocycles. The van der Waals surface area contributed by atoms with E-state index in [2.05, 4.69) is 19.9 Å². The fraction of sp³-hybridized carbons (Fsp3) is 0.846. The zero-order valence-electron chi connectivity index (χ0n) is 10.9. The molecule has 0 bridgehead atoms.